The third kappa shape index (κ3) is 1.88. The summed E-state index contributed by atoms with van der Waals surface area (Å²) < 4.78 is 0. The zero-order valence-electron chi connectivity index (χ0n) is 11.9. The van der Waals surface area contributed by atoms with E-state index >= 15 is 0 Å². The summed E-state index contributed by atoms with van der Waals surface area (Å²) >= 11 is 0. The molecule has 5 fully saturated rings. The number of hydrogen-bond donors (Lipinski definition) is 2. The summed E-state index contributed by atoms with van der Waals surface area (Å²) in [4.78, 5) is 2.07. The highest BCUT2D eigenvalue weighted by molar-refractivity contribution is 5.74. The van der Waals surface area contributed by atoms with Crippen molar-refractivity contribution >= 4 is 5.96 Å². The van der Waals surface area contributed by atoms with Gasteiger partial charge in [0.1, 0.15) is 0 Å². The van der Waals surface area contributed by atoms with E-state index in [1.165, 1.54) is 32.1 Å². The number of hydrogen-bond acceptors (Lipinski definition) is 1. The van der Waals surface area contributed by atoms with Gasteiger partial charge in [-0.3, -0.25) is 5.41 Å². The summed E-state index contributed by atoms with van der Waals surface area (Å²) in [6.45, 7) is 2.06. The first-order valence-electron chi connectivity index (χ1n) is 8.23. The molecule has 0 unspecified atom stereocenters. The molecule has 106 valence electrons. The number of guanidine groups is 1. The quantitative estimate of drug-likeness (QED) is 0.563. The van der Waals surface area contributed by atoms with Gasteiger partial charge in [-0.2, -0.15) is 0 Å². The van der Waals surface area contributed by atoms with Crippen LogP contribution in [0.25, 0.3) is 0 Å². The molecule has 5 rings (SSSR count). The second-order valence-electron chi connectivity index (χ2n) is 7.93. The fraction of sp³-hybridized carbons (Fsp3) is 0.938. The molecule has 0 radical (unpaired) electrons. The van der Waals surface area contributed by atoms with Gasteiger partial charge in [-0.25, -0.2) is 0 Å². The zero-order chi connectivity index (χ0) is 13.0. The normalized spacial score (nSPS) is 45.7. The van der Waals surface area contributed by atoms with Crippen LogP contribution in [0.2, 0.25) is 0 Å². The Bertz CT molecular complexity index is 346. The number of rotatable bonds is 1. The SMILES string of the molecule is N=C(N)N1CCC(C23CC4CC(CC(C4)C2)C3)CC1. The molecule has 0 aromatic carbocycles. The van der Waals surface area contributed by atoms with Gasteiger partial charge in [0.15, 0.2) is 5.96 Å². The molecule has 1 saturated heterocycles. The topological polar surface area (TPSA) is 53.1 Å². The zero-order valence-corrected chi connectivity index (χ0v) is 11.9. The first-order valence-corrected chi connectivity index (χ1v) is 8.23. The highest BCUT2D eigenvalue weighted by atomic mass is 15.2. The second-order valence-corrected chi connectivity index (χ2v) is 7.93. The van der Waals surface area contributed by atoms with E-state index in [4.69, 9.17) is 11.1 Å². The lowest BCUT2D eigenvalue weighted by atomic mass is 9.45. The Kier molecular flexibility index (Phi) is 2.62. The fourth-order valence-corrected chi connectivity index (χ4v) is 6.41. The van der Waals surface area contributed by atoms with Crippen LogP contribution < -0.4 is 5.73 Å². The molecule has 0 amide bonds. The summed E-state index contributed by atoms with van der Waals surface area (Å²) in [6, 6.07) is 0. The van der Waals surface area contributed by atoms with Crippen LogP contribution in [0.1, 0.15) is 51.4 Å². The maximum atomic E-state index is 7.58. The average Bonchev–Trinajstić information content (AvgIpc) is 2.37. The van der Waals surface area contributed by atoms with Crippen molar-refractivity contribution in [2.45, 2.75) is 51.4 Å². The Morgan fingerprint density at radius 1 is 0.947 bits per heavy atom. The smallest absolute Gasteiger partial charge is 0.188 e. The lowest BCUT2D eigenvalue weighted by Crippen LogP contribution is -2.52. The number of nitrogens with zero attached hydrogens (tertiary/aromatic N) is 1. The molecule has 19 heavy (non-hydrogen) atoms. The minimum Gasteiger partial charge on any atom is -0.370 e. The van der Waals surface area contributed by atoms with Crippen molar-refractivity contribution in [1.82, 2.24) is 4.90 Å². The van der Waals surface area contributed by atoms with E-state index in [-0.39, 0.29) is 5.96 Å². The van der Waals surface area contributed by atoms with Crippen molar-refractivity contribution in [2.75, 3.05) is 13.1 Å². The molecular weight excluding hydrogens is 234 g/mol. The van der Waals surface area contributed by atoms with Crippen LogP contribution in [0.4, 0.5) is 0 Å². The fourth-order valence-electron chi connectivity index (χ4n) is 6.41. The average molecular weight is 261 g/mol. The number of likely N-dealkylation sites (tertiary alicyclic amines) is 1. The van der Waals surface area contributed by atoms with E-state index in [9.17, 15) is 0 Å². The number of nitrogens with one attached hydrogen (secondary N) is 1. The van der Waals surface area contributed by atoms with E-state index in [0.29, 0.717) is 5.41 Å². The predicted molar refractivity (Wildman–Crippen MR) is 76.8 cm³/mol. The van der Waals surface area contributed by atoms with Gasteiger partial charge >= 0.3 is 0 Å². The minimum atomic E-state index is 0.281. The molecule has 4 bridgehead atoms. The molecule has 0 aromatic rings. The molecule has 0 spiro atoms. The molecule has 0 aromatic heterocycles. The van der Waals surface area contributed by atoms with Crippen LogP contribution in [0.5, 0.6) is 0 Å². The van der Waals surface area contributed by atoms with Gasteiger partial charge in [-0.1, -0.05) is 0 Å². The van der Waals surface area contributed by atoms with E-state index in [0.717, 1.165) is 36.8 Å². The highest BCUT2D eigenvalue weighted by Crippen LogP contribution is 2.64. The van der Waals surface area contributed by atoms with Crippen molar-refractivity contribution in [3.05, 3.63) is 0 Å². The number of piperidine rings is 1. The molecule has 3 N–H and O–H groups in total. The van der Waals surface area contributed by atoms with Gasteiger partial charge in [0, 0.05) is 13.1 Å². The van der Waals surface area contributed by atoms with Gasteiger partial charge in [0.2, 0.25) is 0 Å². The Hall–Kier alpha value is -0.730. The molecule has 0 atom stereocenters. The lowest BCUT2D eigenvalue weighted by Gasteiger charge is -2.60. The van der Waals surface area contributed by atoms with Crippen LogP contribution in [0, 0.1) is 34.5 Å². The first-order chi connectivity index (χ1) is 9.14. The van der Waals surface area contributed by atoms with Crippen LogP contribution in [0.15, 0.2) is 0 Å². The van der Waals surface area contributed by atoms with Crippen LogP contribution in [-0.2, 0) is 0 Å². The Balaban J connectivity index is 1.49. The molecule has 3 nitrogen and oxygen atoms in total. The van der Waals surface area contributed by atoms with E-state index in [1.807, 2.05) is 0 Å². The third-order valence-electron chi connectivity index (χ3n) is 6.79. The molecule has 3 heteroatoms. The van der Waals surface area contributed by atoms with Crippen molar-refractivity contribution < 1.29 is 0 Å². The Morgan fingerprint density at radius 2 is 1.42 bits per heavy atom. The van der Waals surface area contributed by atoms with Gasteiger partial charge < -0.3 is 10.6 Å². The van der Waals surface area contributed by atoms with Gasteiger partial charge in [-0.15, -0.1) is 0 Å². The standard InChI is InChI=1S/C16H27N3/c17-15(18)19-3-1-14(2-4-19)16-8-11-5-12(9-16)7-13(6-11)10-16/h11-14H,1-10H2,(H3,17,18). The predicted octanol–water partition coefficient (Wildman–Crippen LogP) is 2.81. The van der Waals surface area contributed by atoms with Crippen molar-refractivity contribution in [2.24, 2.45) is 34.8 Å². The highest BCUT2D eigenvalue weighted by Gasteiger charge is 2.54. The maximum Gasteiger partial charge on any atom is 0.188 e. The van der Waals surface area contributed by atoms with Gasteiger partial charge in [-0.05, 0) is 80.5 Å². The monoisotopic (exact) mass is 261 g/mol. The van der Waals surface area contributed by atoms with E-state index < -0.39 is 0 Å². The van der Waals surface area contributed by atoms with Gasteiger partial charge in [0.25, 0.3) is 0 Å². The van der Waals surface area contributed by atoms with Crippen molar-refractivity contribution in [3.63, 3.8) is 0 Å². The Morgan fingerprint density at radius 3 is 1.84 bits per heavy atom. The third-order valence-corrected chi connectivity index (χ3v) is 6.79. The second kappa shape index (κ2) is 4.13. The van der Waals surface area contributed by atoms with Crippen molar-refractivity contribution in [3.8, 4) is 0 Å². The molecule has 1 aliphatic heterocycles. The summed E-state index contributed by atoms with van der Waals surface area (Å²) in [5.74, 6) is 4.41. The van der Waals surface area contributed by atoms with Crippen LogP contribution >= 0.6 is 0 Å². The number of nitrogens with two attached hydrogens (primary N) is 1. The summed E-state index contributed by atoms with van der Waals surface area (Å²) in [6.07, 6.45) is 11.8. The Labute approximate surface area is 116 Å². The maximum absolute atomic E-state index is 7.58. The van der Waals surface area contributed by atoms with Gasteiger partial charge in [0.05, 0.1) is 0 Å². The van der Waals surface area contributed by atoms with Crippen LogP contribution in [-0.4, -0.2) is 23.9 Å². The molecular formula is C16H27N3. The first kappa shape index (κ1) is 12.0. The largest absolute Gasteiger partial charge is 0.370 e. The lowest BCUT2D eigenvalue weighted by molar-refractivity contribution is -0.0969. The molecule has 4 aliphatic carbocycles. The van der Waals surface area contributed by atoms with Crippen LogP contribution in [0.3, 0.4) is 0 Å². The van der Waals surface area contributed by atoms with E-state index in [1.54, 1.807) is 19.3 Å². The van der Waals surface area contributed by atoms with Crippen molar-refractivity contribution in [1.29, 1.82) is 5.41 Å². The summed E-state index contributed by atoms with van der Waals surface area (Å²) in [5, 5.41) is 7.58. The van der Waals surface area contributed by atoms with E-state index in [2.05, 4.69) is 4.90 Å². The molecule has 5 aliphatic rings. The molecule has 1 heterocycles. The minimum absolute atomic E-state index is 0.281. The summed E-state index contributed by atoms with van der Waals surface area (Å²) in [7, 11) is 0. The molecule has 4 saturated carbocycles. The summed E-state index contributed by atoms with van der Waals surface area (Å²) in [5.41, 5.74) is 6.33.